The number of hydrogen-bond acceptors (Lipinski definition) is 3. The van der Waals surface area contributed by atoms with Crippen LogP contribution < -0.4 is 0 Å². The molecule has 2 aromatic carbocycles. The Hall–Kier alpha value is -2.75. The molecule has 0 heterocycles. The molecule has 0 radical (unpaired) electrons. The molecule has 0 spiro atoms. The zero-order chi connectivity index (χ0) is 14.4. The minimum atomic E-state index is -0.410. The van der Waals surface area contributed by atoms with Crippen LogP contribution in [0.1, 0.15) is 11.1 Å². The SMILES string of the molecule is Cc1cccc(N=C/C=C/c2ccc([N+](=O)[O-])cc2)c1. The van der Waals surface area contributed by atoms with E-state index in [1.165, 1.54) is 17.7 Å². The molecular formula is C16H14N2O2. The van der Waals surface area contributed by atoms with E-state index in [0.29, 0.717) is 0 Å². The number of hydrogen-bond donors (Lipinski definition) is 0. The van der Waals surface area contributed by atoms with Crippen molar-refractivity contribution in [3.63, 3.8) is 0 Å². The normalized spacial score (nSPS) is 11.2. The Bertz CT molecular complexity index is 658. The maximum atomic E-state index is 10.5. The van der Waals surface area contributed by atoms with E-state index in [9.17, 15) is 10.1 Å². The summed E-state index contributed by atoms with van der Waals surface area (Å²) in [5.41, 5.74) is 3.05. The lowest BCUT2D eigenvalue weighted by Gasteiger charge is -1.94. The van der Waals surface area contributed by atoms with Gasteiger partial charge in [0.25, 0.3) is 5.69 Å². The molecular weight excluding hydrogens is 252 g/mol. The van der Waals surface area contributed by atoms with Crippen LogP contribution in [0, 0.1) is 17.0 Å². The second kappa shape index (κ2) is 6.43. The zero-order valence-corrected chi connectivity index (χ0v) is 11.1. The molecule has 0 unspecified atom stereocenters. The van der Waals surface area contributed by atoms with Gasteiger partial charge < -0.3 is 0 Å². The van der Waals surface area contributed by atoms with Crippen LogP contribution >= 0.6 is 0 Å². The van der Waals surface area contributed by atoms with Crippen LogP contribution in [0.3, 0.4) is 0 Å². The largest absolute Gasteiger partial charge is 0.269 e. The molecule has 0 bridgehead atoms. The van der Waals surface area contributed by atoms with Gasteiger partial charge in [0.15, 0.2) is 0 Å². The number of benzene rings is 2. The highest BCUT2D eigenvalue weighted by Crippen LogP contribution is 2.14. The summed E-state index contributed by atoms with van der Waals surface area (Å²) >= 11 is 0. The van der Waals surface area contributed by atoms with Gasteiger partial charge in [-0.05, 0) is 48.4 Å². The number of allylic oxidation sites excluding steroid dienone is 1. The molecule has 0 atom stereocenters. The average molecular weight is 266 g/mol. The van der Waals surface area contributed by atoms with E-state index in [1.807, 2.05) is 43.3 Å². The highest BCUT2D eigenvalue weighted by atomic mass is 16.6. The minimum Gasteiger partial charge on any atom is -0.258 e. The minimum absolute atomic E-state index is 0.0931. The lowest BCUT2D eigenvalue weighted by molar-refractivity contribution is -0.384. The quantitative estimate of drug-likeness (QED) is 0.470. The van der Waals surface area contributed by atoms with Crippen molar-refractivity contribution in [1.82, 2.24) is 0 Å². The lowest BCUT2D eigenvalue weighted by Crippen LogP contribution is -1.86. The van der Waals surface area contributed by atoms with E-state index >= 15 is 0 Å². The number of nitro groups is 1. The Morgan fingerprint density at radius 2 is 1.90 bits per heavy atom. The van der Waals surface area contributed by atoms with E-state index < -0.39 is 4.92 Å². The molecule has 0 aliphatic rings. The second-order valence-corrected chi connectivity index (χ2v) is 4.32. The Balaban J connectivity index is 2.01. The van der Waals surface area contributed by atoms with E-state index in [4.69, 9.17) is 0 Å². The number of nitro benzene ring substituents is 1. The van der Waals surface area contributed by atoms with Gasteiger partial charge in [-0.15, -0.1) is 0 Å². The first kappa shape index (κ1) is 13.7. The second-order valence-electron chi connectivity index (χ2n) is 4.32. The number of aryl methyl sites for hydroxylation is 1. The molecule has 0 aliphatic carbocycles. The van der Waals surface area contributed by atoms with Crippen LogP contribution in [-0.4, -0.2) is 11.1 Å². The van der Waals surface area contributed by atoms with Crippen molar-refractivity contribution < 1.29 is 4.92 Å². The van der Waals surface area contributed by atoms with Crippen molar-refractivity contribution in [2.24, 2.45) is 4.99 Å². The Kier molecular flexibility index (Phi) is 4.39. The van der Waals surface area contributed by atoms with E-state index in [2.05, 4.69) is 4.99 Å². The van der Waals surface area contributed by atoms with Crippen LogP contribution in [0.2, 0.25) is 0 Å². The van der Waals surface area contributed by atoms with Crippen molar-refractivity contribution in [2.75, 3.05) is 0 Å². The molecule has 0 fully saturated rings. The summed E-state index contributed by atoms with van der Waals surface area (Å²) in [5, 5.41) is 10.5. The summed E-state index contributed by atoms with van der Waals surface area (Å²) in [5.74, 6) is 0. The zero-order valence-electron chi connectivity index (χ0n) is 11.1. The van der Waals surface area contributed by atoms with E-state index in [0.717, 1.165) is 11.3 Å². The maximum Gasteiger partial charge on any atom is 0.269 e. The highest BCUT2D eigenvalue weighted by Gasteiger charge is 2.01. The first-order valence-corrected chi connectivity index (χ1v) is 6.17. The lowest BCUT2D eigenvalue weighted by atomic mass is 10.2. The number of aliphatic imine (C=N–C) groups is 1. The van der Waals surface area contributed by atoms with Gasteiger partial charge in [0.05, 0.1) is 10.6 Å². The summed E-state index contributed by atoms with van der Waals surface area (Å²) in [4.78, 5) is 14.4. The molecule has 2 aromatic rings. The van der Waals surface area contributed by atoms with Crippen molar-refractivity contribution in [3.05, 3.63) is 75.8 Å². The van der Waals surface area contributed by atoms with Gasteiger partial charge in [0.1, 0.15) is 0 Å². The van der Waals surface area contributed by atoms with Gasteiger partial charge >= 0.3 is 0 Å². The van der Waals surface area contributed by atoms with Crippen LogP contribution in [-0.2, 0) is 0 Å². The van der Waals surface area contributed by atoms with Crippen molar-refractivity contribution in [2.45, 2.75) is 6.92 Å². The van der Waals surface area contributed by atoms with Gasteiger partial charge in [-0.3, -0.25) is 15.1 Å². The average Bonchev–Trinajstić information content (AvgIpc) is 2.44. The summed E-state index contributed by atoms with van der Waals surface area (Å²) in [6.45, 7) is 2.02. The number of rotatable bonds is 4. The van der Waals surface area contributed by atoms with Crippen molar-refractivity contribution in [1.29, 1.82) is 0 Å². The third-order valence-corrected chi connectivity index (χ3v) is 2.70. The molecule has 0 N–H and O–H groups in total. The Labute approximate surface area is 117 Å². The van der Waals surface area contributed by atoms with Crippen LogP contribution in [0.25, 0.3) is 6.08 Å². The van der Waals surface area contributed by atoms with Crippen molar-refractivity contribution in [3.8, 4) is 0 Å². The first-order valence-electron chi connectivity index (χ1n) is 6.17. The summed E-state index contributed by atoms with van der Waals surface area (Å²) in [6, 6.07) is 14.3. The fraction of sp³-hybridized carbons (Fsp3) is 0.0625. The third-order valence-electron chi connectivity index (χ3n) is 2.70. The number of nitrogens with zero attached hydrogens (tertiary/aromatic N) is 2. The predicted molar refractivity (Wildman–Crippen MR) is 81.5 cm³/mol. The molecule has 0 saturated carbocycles. The summed E-state index contributed by atoms with van der Waals surface area (Å²) < 4.78 is 0. The fourth-order valence-corrected chi connectivity index (χ4v) is 1.70. The van der Waals surface area contributed by atoms with E-state index in [-0.39, 0.29) is 5.69 Å². The van der Waals surface area contributed by atoms with Gasteiger partial charge in [-0.1, -0.05) is 18.2 Å². The summed E-state index contributed by atoms with van der Waals surface area (Å²) in [7, 11) is 0. The van der Waals surface area contributed by atoms with Gasteiger partial charge in [0.2, 0.25) is 0 Å². The Morgan fingerprint density at radius 1 is 1.15 bits per heavy atom. The molecule has 100 valence electrons. The molecule has 0 aliphatic heterocycles. The summed E-state index contributed by atoms with van der Waals surface area (Å²) in [6.07, 6.45) is 5.36. The molecule has 0 saturated heterocycles. The smallest absolute Gasteiger partial charge is 0.258 e. The predicted octanol–water partition coefficient (Wildman–Crippen LogP) is 4.32. The fourth-order valence-electron chi connectivity index (χ4n) is 1.70. The third kappa shape index (κ3) is 3.88. The molecule has 4 nitrogen and oxygen atoms in total. The van der Waals surface area contributed by atoms with Crippen LogP contribution in [0.5, 0.6) is 0 Å². The van der Waals surface area contributed by atoms with Gasteiger partial charge in [-0.25, -0.2) is 0 Å². The van der Waals surface area contributed by atoms with Gasteiger partial charge in [-0.2, -0.15) is 0 Å². The molecule has 2 rings (SSSR count). The molecule has 20 heavy (non-hydrogen) atoms. The first-order chi connectivity index (χ1) is 9.65. The molecule has 4 heteroatoms. The number of non-ortho nitro benzene ring substituents is 1. The Morgan fingerprint density at radius 3 is 2.55 bits per heavy atom. The molecule has 0 amide bonds. The van der Waals surface area contributed by atoms with Crippen molar-refractivity contribution >= 4 is 23.7 Å². The van der Waals surface area contributed by atoms with E-state index in [1.54, 1.807) is 18.3 Å². The standard InChI is InChI=1S/C16H14N2O2/c1-13-4-2-6-15(12-13)17-11-3-5-14-7-9-16(10-8-14)18(19)20/h2-12H,1H3/b5-3+,17-11?. The molecule has 0 aromatic heterocycles. The van der Waals surface area contributed by atoms with Crippen LogP contribution in [0.15, 0.2) is 59.6 Å². The van der Waals surface area contributed by atoms with Crippen LogP contribution in [0.4, 0.5) is 11.4 Å². The van der Waals surface area contributed by atoms with Gasteiger partial charge in [0, 0.05) is 18.3 Å². The highest BCUT2D eigenvalue weighted by molar-refractivity contribution is 5.80. The maximum absolute atomic E-state index is 10.5. The topological polar surface area (TPSA) is 55.5 Å². The monoisotopic (exact) mass is 266 g/mol.